The predicted molar refractivity (Wildman–Crippen MR) is 94.4 cm³/mol. The molecule has 0 spiro atoms. The quantitative estimate of drug-likeness (QED) is 0.766. The Kier molecular flexibility index (Phi) is 4.01. The molecule has 2 aliphatic heterocycles. The molecular weight excluding hydrogens is 340 g/mol. The molecule has 4 rings (SSSR count). The van der Waals surface area contributed by atoms with Crippen molar-refractivity contribution in [2.24, 2.45) is 0 Å². The van der Waals surface area contributed by atoms with E-state index in [2.05, 4.69) is 32.7 Å². The van der Waals surface area contributed by atoms with Gasteiger partial charge in [-0.05, 0) is 32.6 Å². The molecule has 0 N–H and O–H groups in total. The van der Waals surface area contributed by atoms with Crippen LogP contribution in [0.25, 0.3) is 0 Å². The van der Waals surface area contributed by atoms with Crippen molar-refractivity contribution in [1.82, 2.24) is 9.97 Å². The van der Waals surface area contributed by atoms with Crippen molar-refractivity contribution in [1.29, 1.82) is 0 Å². The molecule has 4 nitrogen and oxygen atoms in total. The Morgan fingerprint density at radius 3 is 2.05 bits per heavy atom. The van der Waals surface area contributed by atoms with Gasteiger partial charge in [0.05, 0.1) is 0 Å². The van der Waals surface area contributed by atoms with Crippen LogP contribution in [0.3, 0.4) is 0 Å². The van der Waals surface area contributed by atoms with Crippen LogP contribution in [0.2, 0.25) is 0 Å². The Morgan fingerprint density at radius 2 is 1.50 bits per heavy atom. The maximum Gasteiger partial charge on any atom is 0.137 e. The molecule has 0 atom stereocenters. The van der Waals surface area contributed by atoms with Crippen molar-refractivity contribution in [3.8, 4) is 0 Å². The van der Waals surface area contributed by atoms with Gasteiger partial charge < -0.3 is 9.80 Å². The van der Waals surface area contributed by atoms with Crippen LogP contribution in [0.15, 0.2) is 0 Å². The molecule has 1 aromatic heterocycles. The SMILES string of the molecule is Cc1c(N2CCCCCC2)nc(C2CC2)nc1N1CC(Br)C1. The van der Waals surface area contributed by atoms with Gasteiger partial charge in [0.25, 0.3) is 0 Å². The molecule has 3 fully saturated rings. The van der Waals surface area contributed by atoms with E-state index in [1.807, 2.05) is 0 Å². The Morgan fingerprint density at radius 1 is 0.909 bits per heavy atom. The van der Waals surface area contributed by atoms with Crippen molar-refractivity contribution in [2.75, 3.05) is 36.0 Å². The van der Waals surface area contributed by atoms with Gasteiger partial charge in [0.2, 0.25) is 0 Å². The molecule has 1 aromatic rings. The number of halogens is 1. The number of alkyl halides is 1. The smallest absolute Gasteiger partial charge is 0.137 e. The number of anilines is 2. The summed E-state index contributed by atoms with van der Waals surface area (Å²) in [5.74, 6) is 4.11. The monoisotopic (exact) mass is 364 g/mol. The standard InChI is InChI=1S/C17H25BrN4/c1-12-16(21-8-4-2-3-5-9-21)19-15(13-6-7-13)20-17(12)22-10-14(18)11-22/h13-14H,2-11H2,1H3. The van der Waals surface area contributed by atoms with Gasteiger partial charge >= 0.3 is 0 Å². The van der Waals surface area contributed by atoms with Crippen LogP contribution in [0, 0.1) is 6.92 Å². The second-order valence-electron chi connectivity index (χ2n) is 7.03. The van der Waals surface area contributed by atoms with Crippen LogP contribution in [0.5, 0.6) is 0 Å². The summed E-state index contributed by atoms with van der Waals surface area (Å²) in [7, 11) is 0. The van der Waals surface area contributed by atoms with Gasteiger partial charge in [0, 0.05) is 42.5 Å². The van der Waals surface area contributed by atoms with Crippen LogP contribution < -0.4 is 9.80 Å². The highest BCUT2D eigenvalue weighted by Crippen LogP contribution is 2.41. The molecule has 0 bridgehead atoms. The van der Waals surface area contributed by atoms with Crippen molar-refractivity contribution in [3.63, 3.8) is 0 Å². The molecule has 1 saturated carbocycles. The summed E-state index contributed by atoms with van der Waals surface area (Å²) in [5, 5.41) is 0. The van der Waals surface area contributed by atoms with Gasteiger partial charge in [-0.25, -0.2) is 9.97 Å². The van der Waals surface area contributed by atoms with Crippen molar-refractivity contribution < 1.29 is 0 Å². The largest absolute Gasteiger partial charge is 0.356 e. The number of rotatable bonds is 3. The predicted octanol–water partition coefficient (Wildman–Crippen LogP) is 3.63. The fraction of sp³-hybridized carbons (Fsp3) is 0.765. The summed E-state index contributed by atoms with van der Waals surface area (Å²) < 4.78 is 0. The van der Waals surface area contributed by atoms with Crippen LogP contribution >= 0.6 is 15.9 Å². The Labute approximate surface area is 141 Å². The van der Waals surface area contributed by atoms with Gasteiger partial charge in [-0.1, -0.05) is 28.8 Å². The van der Waals surface area contributed by atoms with E-state index in [4.69, 9.17) is 9.97 Å². The normalized spacial score (nSPS) is 23.4. The van der Waals surface area contributed by atoms with Crippen LogP contribution in [-0.4, -0.2) is 41.0 Å². The van der Waals surface area contributed by atoms with E-state index in [0.717, 1.165) is 32.0 Å². The fourth-order valence-electron chi connectivity index (χ4n) is 3.53. The van der Waals surface area contributed by atoms with E-state index < -0.39 is 0 Å². The highest BCUT2D eigenvalue weighted by molar-refractivity contribution is 9.09. The molecule has 0 radical (unpaired) electrons. The minimum absolute atomic E-state index is 0.617. The minimum Gasteiger partial charge on any atom is -0.356 e. The lowest BCUT2D eigenvalue weighted by atomic mass is 10.1. The molecule has 5 heteroatoms. The lowest BCUT2D eigenvalue weighted by molar-refractivity contribution is 0.627. The van der Waals surface area contributed by atoms with Crippen LogP contribution in [0.4, 0.5) is 11.6 Å². The van der Waals surface area contributed by atoms with Gasteiger partial charge in [0.15, 0.2) is 0 Å². The van der Waals surface area contributed by atoms with E-state index >= 15 is 0 Å². The molecule has 120 valence electrons. The first-order chi connectivity index (χ1) is 10.7. The Balaban J connectivity index is 1.69. The zero-order chi connectivity index (χ0) is 15.1. The summed E-state index contributed by atoms with van der Waals surface area (Å²) in [4.78, 5) is 15.5. The summed E-state index contributed by atoms with van der Waals surface area (Å²) in [6.07, 6.45) is 7.85. The molecule has 0 aromatic carbocycles. The topological polar surface area (TPSA) is 32.3 Å². The Bertz CT molecular complexity index is 544. The first-order valence-corrected chi connectivity index (χ1v) is 9.66. The molecule has 1 aliphatic carbocycles. The van der Waals surface area contributed by atoms with Crippen molar-refractivity contribution in [2.45, 2.75) is 56.2 Å². The molecule has 2 saturated heterocycles. The van der Waals surface area contributed by atoms with Gasteiger partial charge in [-0.2, -0.15) is 0 Å². The zero-order valence-electron chi connectivity index (χ0n) is 13.4. The van der Waals surface area contributed by atoms with E-state index in [1.165, 1.54) is 55.7 Å². The zero-order valence-corrected chi connectivity index (χ0v) is 15.0. The number of nitrogens with zero attached hydrogens (tertiary/aromatic N) is 4. The number of aromatic nitrogens is 2. The van der Waals surface area contributed by atoms with Crippen molar-refractivity contribution >= 4 is 27.6 Å². The van der Waals surface area contributed by atoms with E-state index in [-0.39, 0.29) is 0 Å². The second-order valence-corrected chi connectivity index (χ2v) is 8.33. The van der Waals surface area contributed by atoms with Crippen LogP contribution in [0.1, 0.15) is 55.8 Å². The first-order valence-electron chi connectivity index (χ1n) is 8.75. The molecular formula is C17H25BrN4. The lowest BCUT2D eigenvalue weighted by Gasteiger charge is -2.38. The number of hydrogen-bond donors (Lipinski definition) is 0. The fourth-order valence-corrected chi connectivity index (χ4v) is 4.23. The third kappa shape index (κ3) is 2.84. The van der Waals surface area contributed by atoms with Gasteiger partial charge in [-0.15, -0.1) is 0 Å². The van der Waals surface area contributed by atoms with E-state index in [9.17, 15) is 0 Å². The lowest BCUT2D eigenvalue weighted by Crippen LogP contribution is -2.48. The van der Waals surface area contributed by atoms with Crippen molar-refractivity contribution in [3.05, 3.63) is 11.4 Å². The van der Waals surface area contributed by atoms with Gasteiger partial charge in [0.1, 0.15) is 17.5 Å². The molecule has 3 aliphatic rings. The average molecular weight is 365 g/mol. The van der Waals surface area contributed by atoms with E-state index in [1.54, 1.807) is 0 Å². The summed E-state index contributed by atoms with van der Waals surface area (Å²) in [6.45, 7) is 6.67. The average Bonchev–Trinajstić information content (AvgIpc) is 3.31. The maximum atomic E-state index is 5.00. The molecule has 0 amide bonds. The van der Waals surface area contributed by atoms with E-state index in [0.29, 0.717) is 10.7 Å². The van der Waals surface area contributed by atoms with Gasteiger partial charge in [-0.3, -0.25) is 0 Å². The third-order valence-electron chi connectivity index (χ3n) is 5.10. The summed E-state index contributed by atoms with van der Waals surface area (Å²) >= 11 is 3.69. The summed E-state index contributed by atoms with van der Waals surface area (Å²) in [6, 6.07) is 0. The summed E-state index contributed by atoms with van der Waals surface area (Å²) in [5.41, 5.74) is 1.28. The second kappa shape index (κ2) is 5.99. The first kappa shape index (κ1) is 14.7. The highest BCUT2D eigenvalue weighted by Gasteiger charge is 2.33. The number of hydrogen-bond acceptors (Lipinski definition) is 4. The van der Waals surface area contributed by atoms with Crippen LogP contribution in [-0.2, 0) is 0 Å². The maximum absolute atomic E-state index is 5.00. The highest BCUT2D eigenvalue weighted by atomic mass is 79.9. The minimum atomic E-state index is 0.617. The third-order valence-corrected chi connectivity index (χ3v) is 5.68. The molecule has 3 heterocycles. The molecule has 22 heavy (non-hydrogen) atoms. The Hall–Kier alpha value is -0.840. The molecule has 0 unspecified atom stereocenters.